The maximum Gasteiger partial charge on any atom is 0.171 e. The Morgan fingerprint density at radius 1 is 1.14 bits per heavy atom. The normalized spacial score (nSPS) is 17.3. The Morgan fingerprint density at radius 2 is 1.90 bits per heavy atom. The van der Waals surface area contributed by atoms with Crippen molar-refractivity contribution in [2.45, 2.75) is 32.2 Å². The molecule has 1 heterocycles. The molecular formula is C19H21NO. The molecule has 2 aromatic carbocycles. The van der Waals surface area contributed by atoms with Crippen LogP contribution in [0.2, 0.25) is 0 Å². The van der Waals surface area contributed by atoms with E-state index in [4.69, 9.17) is 0 Å². The predicted molar refractivity (Wildman–Crippen MR) is 85.7 cm³/mol. The van der Waals surface area contributed by atoms with Crippen LogP contribution in [0.15, 0.2) is 48.5 Å². The van der Waals surface area contributed by atoms with Gasteiger partial charge in [0.2, 0.25) is 0 Å². The summed E-state index contributed by atoms with van der Waals surface area (Å²) in [7, 11) is 0. The lowest BCUT2D eigenvalue weighted by Crippen LogP contribution is -2.32. The lowest BCUT2D eigenvalue weighted by atomic mass is 9.85. The van der Waals surface area contributed by atoms with Gasteiger partial charge < -0.3 is 5.32 Å². The lowest BCUT2D eigenvalue weighted by Gasteiger charge is -2.25. The van der Waals surface area contributed by atoms with E-state index < -0.39 is 0 Å². The number of benzene rings is 2. The molecule has 0 bridgehead atoms. The first-order chi connectivity index (χ1) is 10.3. The molecule has 0 saturated heterocycles. The van der Waals surface area contributed by atoms with Gasteiger partial charge in [-0.3, -0.25) is 4.79 Å². The molecule has 1 unspecified atom stereocenters. The van der Waals surface area contributed by atoms with Gasteiger partial charge in [0.05, 0.1) is 5.92 Å². The molecule has 1 aliphatic heterocycles. The Labute approximate surface area is 126 Å². The molecule has 0 aromatic heterocycles. The average molecular weight is 279 g/mol. The fourth-order valence-corrected chi connectivity index (χ4v) is 3.06. The Morgan fingerprint density at radius 3 is 2.67 bits per heavy atom. The highest BCUT2D eigenvalue weighted by molar-refractivity contribution is 6.01. The molecule has 0 fully saturated rings. The van der Waals surface area contributed by atoms with Gasteiger partial charge in [0.1, 0.15) is 0 Å². The molecule has 1 N–H and O–H groups in total. The van der Waals surface area contributed by atoms with Gasteiger partial charge >= 0.3 is 0 Å². The van der Waals surface area contributed by atoms with Crippen molar-refractivity contribution in [3.63, 3.8) is 0 Å². The van der Waals surface area contributed by atoms with Gasteiger partial charge in [-0.15, -0.1) is 0 Å². The summed E-state index contributed by atoms with van der Waals surface area (Å²) >= 11 is 0. The Hall–Kier alpha value is -1.93. The smallest absolute Gasteiger partial charge is 0.171 e. The molecule has 0 radical (unpaired) electrons. The number of aryl methyl sites for hydroxylation is 1. The molecule has 0 spiro atoms. The fraction of sp³-hybridized carbons (Fsp3) is 0.316. The fourth-order valence-electron chi connectivity index (χ4n) is 3.06. The van der Waals surface area contributed by atoms with E-state index in [1.54, 1.807) is 0 Å². The minimum absolute atomic E-state index is 0.0630. The number of carbonyl (C=O) groups is 1. The largest absolute Gasteiger partial charge is 0.312 e. The molecule has 2 nitrogen and oxygen atoms in total. The van der Waals surface area contributed by atoms with Crippen LogP contribution in [0.25, 0.3) is 0 Å². The lowest BCUT2D eigenvalue weighted by molar-refractivity contribution is 0.0955. The molecule has 0 aliphatic carbocycles. The van der Waals surface area contributed by atoms with Crippen molar-refractivity contribution in [1.29, 1.82) is 0 Å². The molecule has 2 heteroatoms. The van der Waals surface area contributed by atoms with E-state index in [1.807, 2.05) is 24.3 Å². The van der Waals surface area contributed by atoms with Crippen molar-refractivity contribution >= 4 is 5.78 Å². The molecule has 21 heavy (non-hydrogen) atoms. The van der Waals surface area contributed by atoms with E-state index in [0.29, 0.717) is 0 Å². The molecule has 108 valence electrons. The minimum atomic E-state index is -0.0630. The quantitative estimate of drug-likeness (QED) is 0.864. The first-order valence-corrected chi connectivity index (χ1v) is 7.71. The number of rotatable bonds is 4. The van der Waals surface area contributed by atoms with E-state index in [2.05, 4.69) is 36.5 Å². The van der Waals surface area contributed by atoms with Gasteiger partial charge in [0.15, 0.2) is 5.78 Å². The number of Topliss-reactive ketones (excluding diaryl/α,β-unsaturated/α-hetero) is 1. The maximum absolute atomic E-state index is 12.8. The monoisotopic (exact) mass is 279 g/mol. The summed E-state index contributed by atoms with van der Waals surface area (Å²) in [5, 5.41) is 3.35. The third-order valence-corrected chi connectivity index (χ3v) is 4.19. The number of carbonyl (C=O) groups excluding carboxylic acids is 1. The molecule has 0 amide bonds. The van der Waals surface area contributed by atoms with E-state index in [-0.39, 0.29) is 11.7 Å². The molecule has 2 aromatic rings. The second-order valence-corrected chi connectivity index (χ2v) is 5.69. The Kier molecular flexibility index (Phi) is 4.16. The molecular weight excluding hydrogens is 258 g/mol. The zero-order valence-electron chi connectivity index (χ0n) is 12.4. The van der Waals surface area contributed by atoms with Crippen molar-refractivity contribution in [2.75, 3.05) is 6.54 Å². The summed E-state index contributed by atoms with van der Waals surface area (Å²) in [6.45, 7) is 3.76. The molecule has 0 saturated carbocycles. The minimum Gasteiger partial charge on any atom is -0.312 e. The van der Waals surface area contributed by atoms with Gasteiger partial charge in [0.25, 0.3) is 0 Å². The van der Waals surface area contributed by atoms with Crippen LogP contribution < -0.4 is 5.32 Å². The van der Waals surface area contributed by atoms with Crippen LogP contribution in [0.4, 0.5) is 0 Å². The van der Waals surface area contributed by atoms with Crippen molar-refractivity contribution in [3.8, 4) is 0 Å². The van der Waals surface area contributed by atoms with Crippen LogP contribution in [-0.4, -0.2) is 12.3 Å². The summed E-state index contributed by atoms with van der Waals surface area (Å²) in [6.07, 6.45) is 2.20. The number of hydrogen-bond donors (Lipinski definition) is 1. The van der Waals surface area contributed by atoms with Crippen LogP contribution in [0.1, 0.15) is 46.3 Å². The van der Waals surface area contributed by atoms with Crippen molar-refractivity contribution < 1.29 is 4.79 Å². The predicted octanol–water partition coefficient (Wildman–Crippen LogP) is 3.71. The Bertz CT molecular complexity index is 630. The molecule has 1 aliphatic rings. The highest BCUT2D eigenvalue weighted by Gasteiger charge is 2.26. The average Bonchev–Trinajstić information content (AvgIpc) is 2.55. The third kappa shape index (κ3) is 2.91. The van der Waals surface area contributed by atoms with E-state index in [1.165, 1.54) is 16.7 Å². The van der Waals surface area contributed by atoms with Crippen LogP contribution in [0.5, 0.6) is 0 Å². The molecule has 3 rings (SSSR count). The Balaban J connectivity index is 1.86. The van der Waals surface area contributed by atoms with Gasteiger partial charge in [0, 0.05) is 18.7 Å². The topological polar surface area (TPSA) is 29.1 Å². The number of hydrogen-bond acceptors (Lipinski definition) is 2. The van der Waals surface area contributed by atoms with Crippen LogP contribution >= 0.6 is 0 Å². The van der Waals surface area contributed by atoms with Crippen molar-refractivity contribution in [2.24, 2.45) is 0 Å². The van der Waals surface area contributed by atoms with Crippen LogP contribution in [-0.2, 0) is 13.0 Å². The SMILES string of the molecule is CCCc1ccc(C(=O)C2CNCc3ccccc32)cc1. The first-order valence-electron chi connectivity index (χ1n) is 7.71. The zero-order valence-corrected chi connectivity index (χ0v) is 12.4. The summed E-state index contributed by atoms with van der Waals surface area (Å²) < 4.78 is 0. The zero-order chi connectivity index (χ0) is 14.7. The van der Waals surface area contributed by atoms with Gasteiger partial charge in [-0.05, 0) is 23.1 Å². The second kappa shape index (κ2) is 6.23. The highest BCUT2D eigenvalue weighted by Crippen LogP contribution is 2.27. The number of nitrogens with one attached hydrogen (secondary N) is 1. The van der Waals surface area contributed by atoms with Crippen LogP contribution in [0.3, 0.4) is 0 Å². The second-order valence-electron chi connectivity index (χ2n) is 5.69. The van der Waals surface area contributed by atoms with Crippen LogP contribution in [0, 0.1) is 0 Å². The number of ketones is 1. The van der Waals surface area contributed by atoms with E-state index >= 15 is 0 Å². The van der Waals surface area contributed by atoms with E-state index in [0.717, 1.165) is 31.5 Å². The summed E-state index contributed by atoms with van der Waals surface area (Å²) in [5.74, 6) is 0.157. The van der Waals surface area contributed by atoms with Crippen molar-refractivity contribution in [3.05, 3.63) is 70.8 Å². The molecule has 1 atom stereocenters. The van der Waals surface area contributed by atoms with Gasteiger partial charge in [-0.2, -0.15) is 0 Å². The highest BCUT2D eigenvalue weighted by atomic mass is 16.1. The third-order valence-electron chi connectivity index (χ3n) is 4.19. The van der Waals surface area contributed by atoms with E-state index in [9.17, 15) is 4.79 Å². The first kappa shape index (κ1) is 14.0. The van der Waals surface area contributed by atoms with Gasteiger partial charge in [-0.25, -0.2) is 0 Å². The van der Waals surface area contributed by atoms with Gasteiger partial charge in [-0.1, -0.05) is 61.9 Å². The maximum atomic E-state index is 12.8. The number of fused-ring (bicyclic) bond motifs is 1. The summed E-state index contributed by atoms with van der Waals surface area (Å²) in [6, 6.07) is 16.4. The standard InChI is InChI=1S/C19H21NO/c1-2-5-14-8-10-15(11-9-14)19(21)18-13-20-12-16-6-3-4-7-17(16)18/h3-4,6-11,18,20H,2,5,12-13H2,1H3. The summed E-state index contributed by atoms with van der Waals surface area (Å²) in [5.41, 5.74) is 4.54. The van der Waals surface area contributed by atoms with Crippen molar-refractivity contribution in [1.82, 2.24) is 5.32 Å². The summed E-state index contributed by atoms with van der Waals surface area (Å²) in [4.78, 5) is 12.8.